The first-order chi connectivity index (χ1) is 17.8. The van der Waals surface area contributed by atoms with Gasteiger partial charge in [-0.1, -0.05) is 6.07 Å². The SMILES string of the molecule is Cc1c([C@@H](O)CN2CCC3(CC2)CC(=O)N(c2ccc(-n4cnnn4)c(F)c2)C3)ccc2c1COC2=O.Cl. The predicted molar refractivity (Wildman–Crippen MR) is 137 cm³/mol. The Labute approximate surface area is 224 Å². The number of tetrazole rings is 1. The van der Waals surface area contributed by atoms with Crippen molar-refractivity contribution < 1.29 is 23.8 Å². The van der Waals surface area contributed by atoms with E-state index in [2.05, 4.69) is 20.4 Å². The Hall–Kier alpha value is -3.41. The fourth-order valence-electron chi connectivity index (χ4n) is 5.87. The number of amides is 1. The molecule has 0 bridgehead atoms. The highest BCUT2D eigenvalue weighted by atomic mass is 35.5. The number of fused-ring (bicyclic) bond motifs is 1. The Morgan fingerprint density at radius 3 is 2.68 bits per heavy atom. The Balaban J connectivity index is 0.00000294. The number of hydrogen-bond acceptors (Lipinski definition) is 8. The van der Waals surface area contributed by atoms with Crippen LogP contribution in [0.3, 0.4) is 0 Å². The van der Waals surface area contributed by atoms with E-state index in [-0.39, 0.29) is 42.0 Å². The van der Waals surface area contributed by atoms with Gasteiger partial charge in [0.1, 0.15) is 18.6 Å². The van der Waals surface area contributed by atoms with Crippen LogP contribution in [0.5, 0.6) is 0 Å². The van der Waals surface area contributed by atoms with Crippen LogP contribution >= 0.6 is 12.4 Å². The van der Waals surface area contributed by atoms with Crippen LogP contribution < -0.4 is 4.90 Å². The molecule has 2 aromatic carbocycles. The number of likely N-dealkylation sites (tertiary alicyclic amines) is 1. The zero-order chi connectivity index (χ0) is 25.7. The number of piperidine rings is 1. The molecule has 38 heavy (non-hydrogen) atoms. The number of halogens is 2. The number of cyclic esters (lactones) is 1. The topological polar surface area (TPSA) is 114 Å². The number of anilines is 1. The molecule has 1 aromatic heterocycles. The molecule has 0 aliphatic carbocycles. The highest BCUT2D eigenvalue weighted by Gasteiger charge is 2.45. The summed E-state index contributed by atoms with van der Waals surface area (Å²) in [5.41, 5.74) is 3.74. The summed E-state index contributed by atoms with van der Waals surface area (Å²) in [5.74, 6) is -0.819. The lowest BCUT2D eigenvalue weighted by Gasteiger charge is -2.39. The number of carbonyl (C=O) groups excluding carboxylic acids is 2. The van der Waals surface area contributed by atoms with Gasteiger partial charge in [0.05, 0.1) is 11.7 Å². The Morgan fingerprint density at radius 2 is 1.97 bits per heavy atom. The van der Waals surface area contributed by atoms with Crippen molar-refractivity contribution in [1.82, 2.24) is 25.1 Å². The molecule has 12 heteroatoms. The minimum atomic E-state index is -0.682. The van der Waals surface area contributed by atoms with Crippen LogP contribution in [0.1, 0.15) is 52.4 Å². The maximum Gasteiger partial charge on any atom is 0.338 e. The van der Waals surface area contributed by atoms with Gasteiger partial charge in [-0.2, -0.15) is 4.68 Å². The van der Waals surface area contributed by atoms with Gasteiger partial charge in [-0.25, -0.2) is 9.18 Å². The van der Waals surface area contributed by atoms with Crippen LogP contribution in [-0.2, 0) is 16.1 Å². The molecular formula is C26H28ClFN6O4. The predicted octanol–water partition coefficient (Wildman–Crippen LogP) is 2.75. The molecule has 10 nitrogen and oxygen atoms in total. The lowest BCUT2D eigenvalue weighted by Crippen LogP contribution is -2.43. The second-order valence-corrected chi connectivity index (χ2v) is 10.2. The van der Waals surface area contributed by atoms with E-state index in [1.165, 1.54) is 17.1 Å². The van der Waals surface area contributed by atoms with E-state index in [0.29, 0.717) is 30.8 Å². The van der Waals surface area contributed by atoms with E-state index in [9.17, 15) is 19.1 Å². The molecule has 1 N–H and O–H groups in total. The van der Waals surface area contributed by atoms with E-state index in [1.54, 1.807) is 23.1 Å². The molecule has 2 fully saturated rings. The summed E-state index contributed by atoms with van der Waals surface area (Å²) in [6.45, 7) is 4.71. The normalized spacial score (nSPS) is 19.4. The minimum absolute atomic E-state index is 0. The first-order valence-electron chi connectivity index (χ1n) is 12.4. The van der Waals surface area contributed by atoms with Crippen LogP contribution in [0.15, 0.2) is 36.7 Å². The number of aromatic nitrogens is 4. The van der Waals surface area contributed by atoms with Crippen LogP contribution in [0.4, 0.5) is 10.1 Å². The fourth-order valence-corrected chi connectivity index (χ4v) is 5.87. The summed E-state index contributed by atoms with van der Waals surface area (Å²) in [5, 5.41) is 21.8. The number of benzene rings is 2. The van der Waals surface area contributed by atoms with Crippen molar-refractivity contribution in [2.45, 2.75) is 38.9 Å². The van der Waals surface area contributed by atoms with E-state index in [4.69, 9.17) is 4.74 Å². The first-order valence-corrected chi connectivity index (χ1v) is 12.4. The quantitative estimate of drug-likeness (QED) is 0.490. The third-order valence-corrected chi connectivity index (χ3v) is 8.07. The van der Waals surface area contributed by atoms with Gasteiger partial charge < -0.3 is 19.6 Å². The molecule has 1 atom stereocenters. The molecule has 4 heterocycles. The molecule has 3 aromatic rings. The molecule has 3 aliphatic heterocycles. The van der Waals surface area contributed by atoms with Gasteiger partial charge in [0.25, 0.3) is 0 Å². The molecule has 1 spiro atoms. The highest BCUT2D eigenvalue weighted by molar-refractivity contribution is 5.96. The van der Waals surface area contributed by atoms with Crippen molar-refractivity contribution in [2.75, 3.05) is 31.1 Å². The van der Waals surface area contributed by atoms with Gasteiger partial charge in [-0.15, -0.1) is 17.5 Å². The highest BCUT2D eigenvalue weighted by Crippen LogP contribution is 2.43. The van der Waals surface area contributed by atoms with Crippen LogP contribution in [-0.4, -0.2) is 68.3 Å². The zero-order valence-corrected chi connectivity index (χ0v) is 21.7. The summed E-state index contributed by atoms with van der Waals surface area (Å²) in [4.78, 5) is 28.7. The van der Waals surface area contributed by atoms with Gasteiger partial charge in [0.2, 0.25) is 5.91 Å². The van der Waals surface area contributed by atoms with Gasteiger partial charge in [-0.05, 0) is 84.1 Å². The van der Waals surface area contributed by atoms with Crippen molar-refractivity contribution in [3.8, 4) is 5.69 Å². The van der Waals surface area contributed by atoms with E-state index in [0.717, 1.165) is 42.6 Å². The molecular weight excluding hydrogens is 515 g/mol. The number of esters is 1. The summed E-state index contributed by atoms with van der Waals surface area (Å²) >= 11 is 0. The van der Waals surface area contributed by atoms with Crippen molar-refractivity contribution in [3.63, 3.8) is 0 Å². The van der Waals surface area contributed by atoms with Crippen LogP contribution in [0.2, 0.25) is 0 Å². The number of β-amino-alcohol motifs (C(OH)–C–C–N with tert-alkyl or cyclic N) is 1. The van der Waals surface area contributed by atoms with Crippen molar-refractivity contribution >= 4 is 30.0 Å². The maximum atomic E-state index is 14.8. The van der Waals surface area contributed by atoms with E-state index in [1.807, 2.05) is 13.0 Å². The summed E-state index contributed by atoms with van der Waals surface area (Å²) in [7, 11) is 0. The Morgan fingerprint density at radius 1 is 1.18 bits per heavy atom. The minimum Gasteiger partial charge on any atom is -0.457 e. The first kappa shape index (κ1) is 26.2. The summed E-state index contributed by atoms with van der Waals surface area (Å²) in [6.07, 6.45) is 2.70. The molecule has 0 unspecified atom stereocenters. The number of carbonyl (C=O) groups is 2. The van der Waals surface area contributed by atoms with Crippen molar-refractivity contribution in [2.24, 2.45) is 5.41 Å². The molecule has 0 saturated carbocycles. The standard InChI is InChI=1S/C26H27FN6O4.ClH/c1-16-18(3-4-19-20(16)13-37-25(19)36)23(34)12-31-8-6-26(7-9-31)11-24(35)32(14-26)17-2-5-22(21(27)10-17)33-15-28-29-30-33;/h2-5,10,15,23,34H,6-9,11-14H2,1H3;1H/t23-;/m0./s1. The Bertz CT molecular complexity index is 1380. The number of ether oxygens (including phenoxy) is 1. The van der Waals surface area contributed by atoms with Crippen LogP contribution in [0.25, 0.3) is 5.69 Å². The number of aliphatic hydroxyl groups is 1. The van der Waals surface area contributed by atoms with Gasteiger partial charge in [0, 0.05) is 30.8 Å². The van der Waals surface area contributed by atoms with Gasteiger partial charge in [0.15, 0.2) is 5.82 Å². The molecule has 2 saturated heterocycles. The number of rotatable bonds is 5. The second-order valence-electron chi connectivity index (χ2n) is 10.2. The second kappa shape index (κ2) is 10.0. The average Bonchev–Trinajstić information content (AvgIpc) is 3.61. The van der Waals surface area contributed by atoms with Gasteiger partial charge >= 0.3 is 5.97 Å². The third-order valence-electron chi connectivity index (χ3n) is 8.07. The third kappa shape index (κ3) is 4.55. The molecule has 1 amide bonds. The largest absolute Gasteiger partial charge is 0.457 e. The fraction of sp³-hybridized carbons (Fsp3) is 0.423. The smallest absolute Gasteiger partial charge is 0.338 e. The Kier molecular flexibility index (Phi) is 6.93. The lowest BCUT2D eigenvalue weighted by molar-refractivity contribution is -0.118. The van der Waals surface area contributed by atoms with Gasteiger partial charge in [-0.3, -0.25) is 4.79 Å². The molecule has 0 radical (unpaired) electrons. The van der Waals surface area contributed by atoms with E-state index < -0.39 is 11.9 Å². The van der Waals surface area contributed by atoms with Crippen molar-refractivity contribution in [1.29, 1.82) is 0 Å². The summed E-state index contributed by atoms with van der Waals surface area (Å²) < 4.78 is 21.1. The zero-order valence-electron chi connectivity index (χ0n) is 20.8. The molecule has 6 rings (SSSR count). The molecule has 3 aliphatic rings. The summed E-state index contributed by atoms with van der Waals surface area (Å²) in [6, 6.07) is 8.20. The average molecular weight is 543 g/mol. The lowest BCUT2D eigenvalue weighted by atomic mass is 9.77. The number of aliphatic hydroxyl groups excluding tert-OH is 1. The number of hydrogen-bond donors (Lipinski definition) is 1. The maximum absolute atomic E-state index is 14.8. The molecule has 200 valence electrons. The monoisotopic (exact) mass is 542 g/mol. The number of nitrogens with zero attached hydrogens (tertiary/aromatic N) is 6. The van der Waals surface area contributed by atoms with E-state index >= 15 is 0 Å². The van der Waals surface area contributed by atoms with Crippen molar-refractivity contribution in [3.05, 3.63) is 64.7 Å². The van der Waals surface area contributed by atoms with Crippen LogP contribution in [0, 0.1) is 18.2 Å².